The fourth-order valence-electron chi connectivity index (χ4n) is 2.91. The molecule has 0 spiro atoms. The van der Waals surface area contributed by atoms with E-state index in [1.807, 2.05) is 25.1 Å². The van der Waals surface area contributed by atoms with Crippen molar-refractivity contribution < 1.29 is 28.3 Å². The number of hydrogen-bond donors (Lipinski definition) is 0. The molecule has 0 heterocycles. The summed E-state index contributed by atoms with van der Waals surface area (Å²) in [6.07, 6.45) is 2.60. The number of esters is 1. The lowest BCUT2D eigenvalue weighted by Gasteiger charge is -2.21. The fraction of sp³-hybridized carbons (Fsp3) is 0.588. The molecule has 0 aliphatic heterocycles. The van der Waals surface area contributed by atoms with Gasteiger partial charge in [-0.05, 0) is 46.3 Å². The van der Waals surface area contributed by atoms with E-state index < -0.39 is 8.25 Å². The molecule has 6 nitrogen and oxygen atoms in total. The van der Waals surface area contributed by atoms with Gasteiger partial charge in [-0.2, -0.15) is 0 Å². The molecule has 132 valence electrons. The highest BCUT2D eigenvalue weighted by Gasteiger charge is 2.32. The van der Waals surface area contributed by atoms with Gasteiger partial charge in [0.1, 0.15) is 5.75 Å². The molecule has 0 saturated heterocycles. The molecular weight excluding hydrogens is 331 g/mol. The van der Waals surface area contributed by atoms with Crippen LogP contribution in [0.4, 0.5) is 0 Å². The van der Waals surface area contributed by atoms with E-state index >= 15 is 0 Å². The first-order chi connectivity index (χ1) is 11.4. The number of hydrogen-bond acceptors (Lipinski definition) is 6. The van der Waals surface area contributed by atoms with Crippen LogP contribution in [-0.2, 0) is 18.6 Å². The first-order valence-electron chi connectivity index (χ1n) is 8.03. The monoisotopic (exact) mass is 354 g/mol. The van der Waals surface area contributed by atoms with Crippen molar-refractivity contribution in [1.29, 1.82) is 0 Å². The van der Waals surface area contributed by atoms with Crippen LogP contribution in [0.3, 0.4) is 0 Å². The summed E-state index contributed by atoms with van der Waals surface area (Å²) in [4.78, 5) is 22.2. The van der Waals surface area contributed by atoms with Crippen LogP contribution in [0.1, 0.15) is 56.1 Å². The lowest BCUT2D eigenvalue weighted by Crippen LogP contribution is -2.11. The van der Waals surface area contributed by atoms with E-state index in [2.05, 4.69) is 11.4 Å². The summed E-state index contributed by atoms with van der Waals surface area (Å²) in [5.74, 6) is 1.14. The summed E-state index contributed by atoms with van der Waals surface area (Å²) in [5.41, 5.74) is 1.88. The maximum Gasteiger partial charge on any atom is 0.492 e. The lowest BCUT2D eigenvalue weighted by molar-refractivity contribution is -0.189. The Kier molecular flexibility index (Phi) is 6.72. The van der Waals surface area contributed by atoms with Gasteiger partial charge in [0.2, 0.25) is 6.79 Å². The van der Waals surface area contributed by atoms with Gasteiger partial charge in [0.05, 0.1) is 13.5 Å². The zero-order valence-corrected chi connectivity index (χ0v) is 15.1. The number of benzene rings is 1. The van der Waals surface area contributed by atoms with Crippen LogP contribution in [-0.4, -0.2) is 19.9 Å². The Labute approximate surface area is 143 Å². The van der Waals surface area contributed by atoms with Crippen molar-refractivity contribution in [2.75, 3.05) is 13.9 Å². The second-order valence-electron chi connectivity index (χ2n) is 6.19. The molecule has 24 heavy (non-hydrogen) atoms. The predicted octanol–water partition coefficient (Wildman–Crippen LogP) is 3.24. The first kappa shape index (κ1) is 18.8. The highest BCUT2D eigenvalue weighted by molar-refractivity contribution is 7.30. The zero-order valence-electron chi connectivity index (χ0n) is 14.2. The van der Waals surface area contributed by atoms with E-state index in [4.69, 9.17) is 9.47 Å². The van der Waals surface area contributed by atoms with Crippen LogP contribution in [0.15, 0.2) is 18.2 Å². The molecule has 0 aromatic heterocycles. The van der Waals surface area contributed by atoms with Gasteiger partial charge in [-0.3, -0.25) is 4.79 Å². The van der Waals surface area contributed by atoms with E-state index in [0.29, 0.717) is 17.6 Å². The molecule has 1 fully saturated rings. The summed E-state index contributed by atoms with van der Waals surface area (Å²) in [5, 5.41) is 0. The van der Waals surface area contributed by atoms with Crippen molar-refractivity contribution in [1.82, 2.24) is 0 Å². The van der Waals surface area contributed by atoms with E-state index in [1.54, 1.807) is 0 Å². The SMILES string of the molecule is COC(=O)CC(C)c1cccc(C(C)C2CC2)c1OCO[P+](=O)[O-]. The Hall–Kier alpha value is -1.49. The Balaban J connectivity index is 2.27. The van der Waals surface area contributed by atoms with Gasteiger partial charge in [-0.25, -0.2) is 0 Å². The quantitative estimate of drug-likeness (QED) is 0.384. The van der Waals surface area contributed by atoms with E-state index in [1.165, 1.54) is 20.0 Å². The Morgan fingerprint density at radius 3 is 2.58 bits per heavy atom. The summed E-state index contributed by atoms with van der Waals surface area (Å²) in [7, 11) is -1.60. The highest BCUT2D eigenvalue weighted by Crippen LogP contribution is 2.46. The number of ether oxygens (including phenoxy) is 2. The molecule has 1 aromatic carbocycles. The summed E-state index contributed by atoms with van der Waals surface area (Å²) in [6, 6.07) is 5.83. The second kappa shape index (κ2) is 8.56. The molecule has 1 saturated carbocycles. The minimum atomic E-state index is -2.96. The number of para-hydroxylation sites is 1. The Morgan fingerprint density at radius 2 is 2.00 bits per heavy atom. The first-order valence-corrected chi connectivity index (χ1v) is 9.13. The summed E-state index contributed by atoms with van der Waals surface area (Å²) in [6.45, 7) is 3.69. The third-order valence-electron chi connectivity index (χ3n) is 4.49. The van der Waals surface area contributed by atoms with Crippen molar-refractivity contribution in [3.8, 4) is 5.75 Å². The second-order valence-corrected chi connectivity index (χ2v) is 6.89. The van der Waals surface area contributed by atoms with Gasteiger partial charge < -0.3 is 14.4 Å². The largest absolute Gasteiger partial charge is 0.566 e. The van der Waals surface area contributed by atoms with Crippen LogP contribution in [0.2, 0.25) is 0 Å². The third kappa shape index (κ3) is 5.00. The molecule has 0 radical (unpaired) electrons. The van der Waals surface area contributed by atoms with Crippen LogP contribution in [0, 0.1) is 5.92 Å². The Morgan fingerprint density at radius 1 is 1.33 bits per heavy atom. The van der Waals surface area contributed by atoms with Crippen LogP contribution >= 0.6 is 8.25 Å². The van der Waals surface area contributed by atoms with Crippen molar-refractivity contribution in [2.24, 2.45) is 5.92 Å². The lowest BCUT2D eigenvalue weighted by atomic mass is 9.89. The van der Waals surface area contributed by atoms with E-state index in [-0.39, 0.29) is 25.1 Å². The highest BCUT2D eigenvalue weighted by atomic mass is 31.1. The fourth-order valence-corrected chi connectivity index (χ4v) is 3.05. The van der Waals surface area contributed by atoms with Crippen LogP contribution in [0.25, 0.3) is 0 Å². The van der Waals surface area contributed by atoms with Gasteiger partial charge in [0, 0.05) is 0 Å². The van der Waals surface area contributed by atoms with E-state index in [0.717, 1.165) is 11.1 Å². The molecule has 0 bridgehead atoms. The maximum absolute atomic E-state index is 11.6. The molecule has 2 rings (SSSR count). The standard InChI is InChI=1S/C17H23O6P/c1-11(9-16(18)21-3)14-5-4-6-15(12(2)13-7-8-13)17(14)22-10-23-24(19)20/h4-6,11-13H,7-10H2,1-3H3. The topological polar surface area (TPSA) is 84.9 Å². The van der Waals surface area contributed by atoms with Gasteiger partial charge in [-0.1, -0.05) is 32.0 Å². The minimum absolute atomic E-state index is 0.111. The van der Waals surface area contributed by atoms with Crippen molar-refractivity contribution >= 4 is 14.2 Å². The molecule has 0 amide bonds. The third-order valence-corrected chi connectivity index (χ3v) is 4.80. The molecule has 1 aliphatic carbocycles. The molecule has 3 atom stereocenters. The number of rotatable bonds is 9. The number of carbonyl (C=O) groups is 1. The van der Waals surface area contributed by atoms with Gasteiger partial charge >= 0.3 is 14.2 Å². The number of methoxy groups -OCH3 is 1. The van der Waals surface area contributed by atoms with Gasteiger partial charge in [-0.15, -0.1) is 4.52 Å². The minimum Gasteiger partial charge on any atom is -0.566 e. The Bertz CT molecular complexity index is 599. The normalized spacial score (nSPS) is 17.1. The molecule has 7 heteroatoms. The smallest absolute Gasteiger partial charge is 0.492 e. The van der Waals surface area contributed by atoms with Crippen molar-refractivity contribution in [3.63, 3.8) is 0 Å². The van der Waals surface area contributed by atoms with Crippen molar-refractivity contribution in [2.45, 2.75) is 44.9 Å². The predicted molar refractivity (Wildman–Crippen MR) is 86.8 cm³/mol. The summed E-state index contributed by atoms with van der Waals surface area (Å²) < 4.78 is 25.5. The molecule has 1 aliphatic rings. The number of carbonyl (C=O) groups excluding carboxylic acids is 1. The van der Waals surface area contributed by atoms with E-state index in [9.17, 15) is 14.3 Å². The van der Waals surface area contributed by atoms with Gasteiger partial charge in [0.25, 0.3) is 0 Å². The summed E-state index contributed by atoms with van der Waals surface area (Å²) >= 11 is 0. The molecule has 3 unspecified atom stereocenters. The average molecular weight is 354 g/mol. The average Bonchev–Trinajstić information content (AvgIpc) is 3.38. The van der Waals surface area contributed by atoms with Crippen LogP contribution in [0.5, 0.6) is 5.75 Å². The maximum atomic E-state index is 11.6. The molecule has 0 N–H and O–H groups in total. The molecule has 1 aromatic rings. The van der Waals surface area contributed by atoms with Gasteiger partial charge in [0.15, 0.2) is 0 Å². The van der Waals surface area contributed by atoms with Crippen LogP contribution < -0.4 is 9.63 Å². The molecular formula is C17H23O6P. The van der Waals surface area contributed by atoms with Crippen molar-refractivity contribution in [3.05, 3.63) is 29.3 Å². The zero-order chi connectivity index (χ0) is 17.7.